The van der Waals surface area contributed by atoms with Gasteiger partial charge in [-0.1, -0.05) is 80.9 Å². The first-order valence-corrected chi connectivity index (χ1v) is 15.2. The van der Waals surface area contributed by atoms with Gasteiger partial charge in [-0.3, -0.25) is 13.9 Å². The summed E-state index contributed by atoms with van der Waals surface area (Å²) in [6, 6.07) is 20.6. The van der Waals surface area contributed by atoms with Gasteiger partial charge in [0.1, 0.15) is 12.6 Å². The third-order valence-electron chi connectivity index (χ3n) is 6.94. The van der Waals surface area contributed by atoms with E-state index in [9.17, 15) is 18.0 Å². The number of hydrogen-bond donors (Lipinski definition) is 1. The van der Waals surface area contributed by atoms with Crippen molar-refractivity contribution in [1.29, 1.82) is 0 Å². The molecule has 0 spiro atoms. The smallest absolute Gasteiger partial charge is 0.264 e. The number of hydrogen-bond acceptors (Lipinski definition) is 4. The van der Waals surface area contributed by atoms with E-state index in [0.717, 1.165) is 22.3 Å². The third kappa shape index (κ3) is 7.50. The molecule has 1 atom stereocenters. The first kappa shape index (κ1) is 30.9. The summed E-state index contributed by atoms with van der Waals surface area (Å²) in [6.45, 7) is 11.8. The van der Waals surface area contributed by atoms with Crippen LogP contribution in [0.2, 0.25) is 0 Å². The van der Waals surface area contributed by atoms with Crippen molar-refractivity contribution in [3.8, 4) is 0 Å². The van der Waals surface area contributed by atoms with Crippen LogP contribution in [0.15, 0.2) is 77.7 Å². The van der Waals surface area contributed by atoms with E-state index < -0.39 is 28.5 Å². The topological polar surface area (TPSA) is 86.8 Å². The van der Waals surface area contributed by atoms with Crippen LogP contribution in [0.1, 0.15) is 49.4 Å². The number of aryl methyl sites for hydroxylation is 3. The number of nitrogens with zero attached hydrogens (tertiary/aromatic N) is 2. The highest BCUT2D eigenvalue weighted by Crippen LogP contribution is 2.28. The average molecular weight is 564 g/mol. The van der Waals surface area contributed by atoms with Crippen LogP contribution < -0.4 is 9.62 Å². The molecule has 40 heavy (non-hydrogen) atoms. The van der Waals surface area contributed by atoms with Gasteiger partial charge in [0.2, 0.25) is 11.8 Å². The Morgan fingerprint density at radius 3 is 2.02 bits per heavy atom. The Morgan fingerprint density at radius 2 is 1.45 bits per heavy atom. The Labute approximate surface area is 239 Å². The number of nitrogens with one attached hydrogen (secondary N) is 1. The summed E-state index contributed by atoms with van der Waals surface area (Å²) < 4.78 is 29.2. The zero-order valence-electron chi connectivity index (χ0n) is 24.3. The largest absolute Gasteiger partial charge is 0.354 e. The van der Waals surface area contributed by atoms with Gasteiger partial charge in [0.25, 0.3) is 10.0 Å². The summed E-state index contributed by atoms with van der Waals surface area (Å²) in [4.78, 5) is 29.1. The normalized spacial score (nSPS) is 12.2. The molecule has 0 aromatic heterocycles. The van der Waals surface area contributed by atoms with E-state index >= 15 is 0 Å². The van der Waals surface area contributed by atoms with Crippen LogP contribution in [0.4, 0.5) is 5.69 Å². The molecule has 0 aliphatic rings. The molecule has 3 aromatic carbocycles. The highest BCUT2D eigenvalue weighted by molar-refractivity contribution is 7.92. The fraction of sp³-hybridized carbons (Fsp3) is 0.375. The van der Waals surface area contributed by atoms with Crippen molar-refractivity contribution in [2.45, 2.75) is 65.4 Å². The summed E-state index contributed by atoms with van der Waals surface area (Å²) in [5.41, 5.74) is 3.96. The van der Waals surface area contributed by atoms with Gasteiger partial charge in [-0.2, -0.15) is 0 Å². The van der Waals surface area contributed by atoms with Crippen molar-refractivity contribution >= 4 is 27.5 Å². The van der Waals surface area contributed by atoms with Crippen molar-refractivity contribution in [1.82, 2.24) is 10.2 Å². The summed E-state index contributed by atoms with van der Waals surface area (Å²) in [7, 11) is -4.09. The van der Waals surface area contributed by atoms with Gasteiger partial charge in [0.05, 0.1) is 10.6 Å². The lowest BCUT2D eigenvalue weighted by molar-refractivity contribution is -0.140. The molecular weight excluding hydrogens is 522 g/mol. The number of carbonyl (C=O) groups excluding carboxylic acids is 2. The number of amides is 2. The number of sulfonamides is 1. The molecule has 0 heterocycles. The zero-order valence-corrected chi connectivity index (χ0v) is 25.2. The molecule has 0 aliphatic heterocycles. The molecular formula is C32H41N3O4S. The molecule has 0 bridgehead atoms. The number of benzene rings is 3. The van der Waals surface area contributed by atoms with Crippen LogP contribution in [-0.4, -0.2) is 44.3 Å². The predicted molar refractivity (Wildman–Crippen MR) is 161 cm³/mol. The maximum absolute atomic E-state index is 14.2. The molecule has 1 unspecified atom stereocenters. The number of anilines is 1. The highest BCUT2D eigenvalue weighted by Gasteiger charge is 2.34. The predicted octanol–water partition coefficient (Wildman–Crippen LogP) is 5.39. The second-order valence-corrected chi connectivity index (χ2v) is 12.5. The van der Waals surface area contributed by atoms with Crippen molar-refractivity contribution in [3.05, 3.63) is 95.1 Å². The molecule has 7 nitrogen and oxygen atoms in total. The molecule has 1 N–H and O–H groups in total. The van der Waals surface area contributed by atoms with E-state index in [-0.39, 0.29) is 23.3 Å². The standard InChI is InChI=1S/C32H41N3O4S/c1-7-29(32(37)33-20-23(2)3)34(21-27-14-10-8-12-25(27)5)31(36)22-35(30-15-11-9-13-26(30)6)40(38,39)28-18-16-24(4)17-19-28/h8-19,23,29H,7,20-22H2,1-6H3,(H,33,37). The molecule has 0 aliphatic carbocycles. The van der Waals surface area contributed by atoms with E-state index in [2.05, 4.69) is 5.32 Å². The Morgan fingerprint density at radius 1 is 0.850 bits per heavy atom. The first-order valence-electron chi connectivity index (χ1n) is 13.7. The van der Waals surface area contributed by atoms with E-state index in [0.29, 0.717) is 18.7 Å². The average Bonchev–Trinajstić information content (AvgIpc) is 2.92. The molecule has 3 aromatic rings. The van der Waals surface area contributed by atoms with Gasteiger partial charge in [-0.25, -0.2) is 8.42 Å². The number of rotatable bonds is 12. The summed E-state index contributed by atoms with van der Waals surface area (Å²) in [6.07, 6.45) is 0.386. The Balaban J connectivity index is 2.07. The van der Waals surface area contributed by atoms with E-state index in [1.807, 2.05) is 77.9 Å². The summed E-state index contributed by atoms with van der Waals surface area (Å²) in [5.74, 6) is -0.450. The lowest BCUT2D eigenvalue weighted by Gasteiger charge is -2.34. The molecule has 2 amide bonds. The zero-order chi connectivity index (χ0) is 29.4. The molecule has 0 radical (unpaired) electrons. The maximum Gasteiger partial charge on any atom is 0.264 e. The van der Waals surface area contributed by atoms with Crippen molar-refractivity contribution in [2.24, 2.45) is 5.92 Å². The van der Waals surface area contributed by atoms with Gasteiger partial charge in [0, 0.05) is 13.1 Å². The molecule has 3 rings (SSSR count). The van der Waals surface area contributed by atoms with Crippen molar-refractivity contribution in [2.75, 3.05) is 17.4 Å². The third-order valence-corrected chi connectivity index (χ3v) is 8.72. The highest BCUT2D eigenvalue weighted by atomic mass is 32.2. The van der Waals surface area contributed by atoms with E-state index in [4.69, 9.17) is 0 Å². The lowest BCUT2D eigenvalue weighted by atomic mass is 10.1. The molecule has 214 valence electrons. The number of carbonyl (C=O) groups is 2. The van der Waals surface area contributed by atoms with Crippen molar-refractivity contribution in [3.63, 3.8) is 0 Å². The molecule has 0 fully saturated rings. The van der Waals surface area contributed by atoms with Gasteiger partial charge in [-0.05, 0) is 68.0 Å². The van der Waals surface area contributed by atoms with Gasteiger partial charge >= 0.3 is 0 Å². The Hall–Kier alpha value is -3.65. The fourth-order valence-corrected chi connectivity index (χ4v) is 5.99. The minimum absolute atomic E-state index is 0.0984. The minimum Gasteiger partial charge on any atom is -0.354 e. The van der Waals surface area contributed by atoms with Gasteiger partial charge in [0.15, 0.2) is 0 Å². The molecule has 0 saturated heterocycles. The maximum atomic E-state index is 14.2. The molecule has 0 saturated carbocycles. The van der Waals surface area contributed by atoms with Crippen LogP contribution in [0.3, 0.4) is 0 Å². The van der Waals surface area contributed by atoms with Crippen LogP contribution in [0.25, 0.3) is 0 Å². The monoisotopic (exact) mass is 563 g/mol. The number of para-hydroxylation sites is 1. The Bertz CT molecular complexity index is 1420. The molecule has 8 heteroatoms. The van der Waals surface area contributed by atoms with Crippen LogP contribution in [0, 0.1) is 26.7 Å². The lowest BCUT2D eigenvalue weighted by Crippen LogP contribution is -2.52. The Kier molecular flexibility index (Phi) is 10.5. The second-order valence-electron chi connectivity index (χ2n) is 10.6. The van der Waals surface area contributed by atoms with Crippen LogP contribution in [-0.2, 0) is 26.2 Å². The summed E-state index contributed by atoms with van der Waals surface area (Å²) >= 11 is 0. The minimum atomic E-state index is -4.09. The van der Waals surface area contributed by atoms with Crippen LogP contribution >= 0.6 is 0 Å². The summed E-state index contributed by atoms with van der Waals surface area (Å²) in [5, 5.41) is 2.96. The van der Waals surface area contributed by atoms with Crippen molar-refractivity contribution < 1.29 is 18.0 Å². The first-order chi connectivity index (χ1) is 18.9. The SMILES string of the molecule is CCC(C(=O)NCC(C)C)N(Cc1ccccc1C)C(=O)CN(c1ccccc1C)S(=O)(=O)c1ccc(C)cc1. The van der Waals surface area contributed by atoms with Gasteiger partial charge in [-0.15, -0.1) is 0 Å². The quantitative estimate of drug-likeness (QED) is 0.320. The van der Waals surface area contributed by atoms with Gasteiger partial charge < -0.3 is 10.2 Å². The van der Waals surface area contributed by atoms with Crippen LogP contribution in [0.5, 0.6) is 0 Å². The van der Waals surface area contributed by atoms with E-state index in [1.165, 1.54) is 9.21 Å². The van der Waals surface area contributed by atoms with E-state index in [1.54, 1.807) is 36.4 Å². The fourth-order valence-electron chi connectivity index (χ4n) is 4.51. The second kappa shape index (κ2) is 13.6.